The Hall–Kier alpha value is 0.125. The Labute approximate surface area is 84.2 Å². The first-order chi connectivity index (χ1) is 5.64. The summed E-state index contributed by atoms with van der Waals surface area (Å²) in [6.07, 6.45) is 10.1. The zero-order valence-electron chi connectivity index (χ0n) is 7.75. The molecule has 0 heterocycles. The van der Waals surface area contributed by atoms with E-state index in [9.17, 15) is 0 Å². The normalized spacial score (nSPS) is 16.7. The van der Waals surface area contributed by atoms with Crippen LogP contribution < -0.4 is 0 Å². The number of hydrogen-bond donors (Lipinski definition) is 0. The molecule has 0 atom stereocenters. The van der Waals surface area contributed by atoms with E-state index in [2.05, 4.69) is 44.0 Å². The molecular weight excluding hydrogens is 343 g/mol. The van der Waals surface area contributed by atoms with Gasteiger partial charge in [-0.05, 0) is 0 Å². The second-order valence-electron chi connectivity index (χ2n) is 3.41. The van der Waals surface area contributed by atoms with E-state index >= 15 is 0 Å². The maximum atomic E-state index is 3.84. The van der Waals surface area contributed by atoms with Gasteiger partial charge in [-0.25, -0.2) is 0 Å². The third-order valence-electron chi connectivity index (χ3n) is 1.64. The average molecular weight is 359 g/mol. The molecule has 0 saturated heterocycles. The van der Waals surface area contributed by atoms with E-state index in [1.165, 1.54) is 12.5 Å². The summed E-state index contributed by atoms with van der Waals surface area (Å²) < 4.78 is 1.73. The predicted molar refractivity (Wildman–Crippen MR) is 54.3 cm³/mol. The average Bonchev–Trinajstić information content (AvgIpc) is 2.38. The summed E-state index contributed by atoms with van der Waals surface area (Å²) in [6.45, 7) is 8.81. The third-order valence-corrected chi connectivity index (χ3v) is 12.5. The van der Waals surface area contributed by atoms with Crippen molar-refractivity contribution in [3.05, 3.63) is 34.8 Å². The van der Waals surface area contributed by atoms with Gasteiger partial charge in [-0.1, -0.05) is 0 Å². The molecule has 70 valence electrons. The molecule has 0 unspecified atom stereocenters. The first-order valence-electron chi connectivity index (χ1n) is 4.20. The molecule has 0 N–H and O–H groups in total. The van der Waals surface area contributed by atoms with Gasteiger partial charge < -0.3 is 0 Å². The molecule has 2 heteroatoms. The van der Waals surface area contributed by atoms with Gasteiger partial charge in [0.1, 0.15) is 0 Å². The Morgan fingerprint density at radius 3 is 2.92 bits per heavy atom. The van der Waals surface area contributed by atoms with Crippen LogP contribution in [-0.4, -0.2) is 6.05 Å². The van der Waals surface area contributed by atoms with Crippen LogP contribution in [0.1, 0.15) is 6.42 Å². The first kappa shape index (κ1) is 10.2. The van der Waals surface area contributed by atoms with Crippen molar-refractivity contribution in [2.45, 2.75) is 25.6 Å². The fourth-order valence-electron chi connectivity index (χ4n) is 1.11. The molecule has 0 saturated carbocycles. The summed E-state index contributed by atoms with van der Waals surface area (Å²) >= 11 is 0.325. The Morgan fingerprint density at radius 2 is 2.42 bits per heavy atom. The van der Waals surface area contributed by atoms with Crippen LogP contribution in [-0.2, 0) is 17.8 Å². The van der Waals surface area contributed by atoms with Crippen LogP contribution in [0.5, 0.6) is 0 Å². The fraction of sp³-hybridized carbons (Fsp3) is 0.400. The van der Waals surface area contributed by atoms with Crippen LogP contribution in [0.25, 0.3) is 0 Å². The van der Waals surface area contributed by atoms with Gasteiger partial charge in [-0.2, -0.15) is 0 Å². The summed E-state index contributed by atoms with van der Waals surface area (Å²) in [5.41, 5.74) is 0. The zero-order chi connectivity index (χ0) is 9.03. The Kier molecular flexibility index (Phi) is 3.73. The van der Waals surface area contributed by atoms with Crippen molar-refractivity contribution in [1.82, 2.24) is 0 Å². The molecule has 12 heavy (non-hydrogen) atoms. The van der Waals surface area contributed by atoms with E-state index in [4.69, 9.17) is 0 Å². The van der Waals surface area contributed by atoms with Crippen molar-refractivity contribution >= 4 is 6.05 Å². The van der Waals surface area contributed by atoms with E-state index in [0.29, 0.717) is 17.8 Å². The van der Waals surface area contributed by atoms with Crippen LogP contribution in [0, 0.1) is 0 Å². The second-order valence-corrected chi connectivity index (χ2v) is 19.6. The molecule has 0 aliphatic heterocycles. The SMILES string of the molecule is C=CC[Si](C)(C)[Pt][C]1=CC=CC1. The van der Waals surface area contributed by atoms with Gasteiger partial charge in [0.25, 0.3) is 0 Å². The molecular formula is C10H16PtSi. The van der Waals surface area contributed by atoms with Crippen LogP contribution in [0.3, 0.4) is 0 Å². The van der Waals surface area contributed by atoms with Gasteiger partial charge in [0.2, 0.25) is 0 Å². The summed E-state index contributed by atoms with van der Waals surface area (Å²) in [5, 5.41) is 0. The fourth-order valence-corrected chi connectivity index (χ4v) is 11.9. The summed E-state index contributed by atoms with van der Waals surface area (Å²) in [7, 11) is 0. The molecule has 1 aliphatic carbocycles. The van der Waals surface area contributed by atoms with E-state index in [1.54, 1.807) is 3.96 Å². The van der Waals surface area contributed by atoms with Crippen LogP contribution in [0.4, 0.5) is 0 Å². The molecule has 0 amide bonds. The van der Waals surface area contributed by atoms with Gasteiger partial charge in [-0.15, -0.1) is 0 Å². The molecule has 0 aromatic rings. The number of hydrogen-bond acceptors (Lipinski definition) is 0. The van der Waals surface area contributed by atoms with Gasteiger partial charge in [-0.3, -0.25) is 0 Å². The first-order valence-corrected chi connectivity index (χ1v) is 11.8. The topological polar surface area (TPSA) is 0 Å². The van der Waals surface area contributed by atoms with Gasteiger partial charge in [0.15, 0.2) is 0 Å². The Balaban J connectivity index is 2.43. The Bertz CT molecular complexity index is 226. The number of rotatable bonds is 4. The quantitative estimate of drug-likeness (QED) is 0.534. The predicted octanol–water partition coefficient (Wildman–Crippen LogP) is 3.30. The van der Waals surface area contributed by atoms with Crippen molar-refractivity contribution in [3.63, 3.8) is 0 Å². The van der Waals surface area contributed by atoms with Crippen LogP contribution in [0.2, 0.25) is 19.1 Å². The molecule has 0 spiro atoms. The molecule has 0 aromatic carbocycles. The summed E-state index contributed by atoms with van der Waals surface area (Å²) in [5.74, 6) is 0. The van der Waals surface area contributed by atoms with E-state index in [1.807, 2.05) is 0 Å². The van der Waals surface area contributed by atoms with E-state index in [0.717, 1.165) is 0 Å². The number of allylic oxidation sites excluding steroid dienone is 5. The van der Waals surface area contributed by atoms with Gasteiger partial charge in [0.05, 0.1) is 0 Å². The van der Waals surface area contributed by atoms with Gasteiger partial charge >= 0.3 is 84.3 Å². The van der Waals surface area contributed by atoms with Crippen molar-refractivity contribution in [1.29, 1.82) is 0 Å². The van der Waals surface area contributed by atoms with E-state index < -0.39 is 6.05 Å². The maximum absolute atomic E-state index is 3.84. The van der Waals surface area contributed by atoms with Crippen molar-refractivity contribution in [2.24, 2.45) is 0 Å². The molecule has 0 aromatic heterocycles. The van der Waals surface area contributed by atoms with Crippen molar-refractivity contribution in [2.75, 3.05) is 0 Å². The third kappa shape index (κ3) is 3.24. The van der Waals surface area contributed by atoms with Crippen molar-refractivity contribution < 1.29 is 17.8 Å². The zero-order valence-corrected chi connectivity index (χ0v) is 11.0. The molecule has 1 aliphatic rings. The van der Waals surface area contributed by atoms with Crippen LogP contribution in [0.15, 0.2) is 34.8 Å². The standard InChI is InChI=1S/C5H11Si.C5H5.Pt/c1-4-5-6(2)3;1-2-4-5-3-1;/h4H,1,5H2,2-3H3;1-3H,4H2;. The molecule has 1 rings (SSSR count). The molecule has 0 bridgehead atoms. The summed E-state index contributed by atoms with van der Waals surface area (Å²) in [4.78, 5) is 0. The Morgan fingerprint density at radius 1 is 1.67 bits per heavy atom. The van der Waals surface area contributed by atoms with E-state index in [-0.39, 0.29) is 0 Å². The molecule has 0 fully saturated rings. The van der Waals surface area contributed by atoms with Gasteiger partial charge in [0, 0.05) is 0 Å². The van der Waals surface area contributed by atoms with Crippen molar-refractivity contribution in [3.8, 4) is 0 Å². The minimum atomic E-state index is -0.884. The second kappa shape index (κ2) is 4.39. The summed E-state index contributed by atoms with van der Waals surface area (Å²) in [6, 6.07) is 0.406. The minimum absolute atomic E-state index is 0.325. The molecule has 0 nitrogen and oxygen atoms in total. The molecule has 0 radical (unpaired) electrons. The van der Waals surface area contributed by atoms with Crippen LogP contribution >= 0.6 is 0 Å². The monoisotopic (exact) mass is 359 g/mol.